The Morgan fingerprint density at radius 2 is 2.14 bits per heavy atom. The summed E-state index contributed by atoms with van der Waals surface area (Å²) in [6, 6.07) is 0.698. The monoisotopic (exact) mass is 324 g/mol. The van der Waals surface area contributed by atoms with Gasteiger partial charge in [-0.1, -0.05) is 11.3 Å². The first kappa shape index (κ1) is 14.8. The summed E-state index contributed by atoms with van der Waals surface area (Å²) in [6.45, 7) is 2.95. The highest BCUT2D eigenvalue weighted by Gasteiger charge is 2.23. The molecular formula is C13H20N6S2. The van der Waals surface area contributed by atoms with Crippen molar-refractivity contribution < 1.29 is 0 Å². The smallest absolute Gasteiger partial charge is 0.208 e. The number of anilines is 1. The molecule has 0 bridgehead atoms. The summed E-state index contributed by atoms with van der Waals surface area (Å²) >= 11 is 3.26. The van der Waals surface area contributed by atoms with Crippen molar-refractivity contribution in [3.8, 4) is 0 Å². The van der Waals surface area contributed by atoms with Crippen LogP contribution in [0.25, 0.3) is 0 Å². The normalized spacial score (nSPS) is 14.7. The number of hydrogen-bond donors (Lipinski definition) is 1. The molecule has 0 radical (unpaired) electrons. The number of aryl methyl sites for hydroxylation is 2. The van der Waals surface area contributed by atoms with E-state index in [1.807, 2.05) is 30.7 Å². The van der Waals surface area contributed by atoms with Crippen molar-refractivity contribution in [3.63, 3.8) is 0 Å². The van der Waals surface area contributed by atoms with E-state index in [-0.39, 0.29) is 0 Å². The van der Waals surface area contributed by atoms with Crippen molar-refractivity contribution in [3.05, 3.63) is 11.3 Å². The third kappa shape index (κ3) is 3.38. The fourth-order valence-electron chi connectivity index (χ4n) is 2.05. The summed E-state index contributed by atoms with van der Waals surface area (Å²) in [7, 11) is 5.95. The van der Waals surface area contributed by atoms with Gasteiger partial charge in [0, 0.05) is 39.3 Å². The summed E-state index contributed by atoms with van der Waals surface area (Å²) in [6.07, 6.45) is 2.59. The lowest BCUT2D eigenvalue weighted by atomic mass is 10.2. The Balaban J connectivity index is 1.79. The van der Waals surface area contributed by atoms with Gasteiger partial charge in [0.05, 0.1) is 5.69 Å². The second-order valence-electron chi connectivity index (χ2n) is 5.49. The van der Waals surface area contributed by atoms with Gasteiger partial charge in [0.15, 0.2) is 4.34 Å². The highest BCUT2D eigenvalue weighted by Crippen LogP contribution is 2.35. The van der Waals surface area contributed by atoms with Gasteiger partial charge in [-0.05, 0) is 31.5 Å². The predicted octanol–water partition coefficient (Wildman–Crippen LogP) is 2.05. The maximum Gasteiger partial charge on any atom is 0.208 e. The van der Waals surface area contributed by atoms with Crippen LogP contribution in [0, 0.1) is 6.92 Å². The van der Waals surface area contributed by atoms with E-state index in [0.717, 1.165) is 26.7 Å². The van der Waals surface area contributed by atoms with Gasteiger partial charge in [0.2, 0.25) is 5.13 Å². The molecule has 6 nitrogen and oxygen atoms in total. The van der Waals surface area contributed by atoms with Crippen LogP contribution < -0.4 is 10.2 Å². The van der Waals surface area contributed by atoms with Crippen LogP contribution in [0.2, 0.25) is 0 Å². The SMILES string of the molecule is Cc1nn(C)c(Sc2nnc(N(C)C)s2)c1CNC1CC1. The van der Waals surface area contributed by atoms with Crippen LogP contribution >= 0.6 is 23.1 Å². The van der Waals surface area contributed by atoms with Crippen molar-refractivity contribution in [1.29, 1.82) is 0 Å². The Kier molecular flexibility index (Phi) is 4.19. The van der Waals surface area contributed by atoms with E-state index in [1.54, 1.807) is 23.1 Å². The molecule has 8 heteroatoms. The molecule has 1 aliphatic carbocycles. The topological polar surface area (TPSA) is 58.9 Å². The average Bonchev–Trinajstić information content (AvgIpc) is 3.06. The fourth-order valence-corrected chi connectivity index (χ4v) is 3.95. The Hall–Kier alpha value is -1.12. The van der Waals surface area contributed by atoms with Crippen LogP contribution in [0.3, 0.4) is 0 Å². The molecule has 21 heavy (non-hydrogen) atoms. The van der Waals surface area contributed by atoms with E-state index >= 15 is 0 Å². The Bertz CT molecular complexity index is 629. The molecule has 0 saturated heterocycles. The molecule has 1 saturated carbocycles. The summed E-state index contributed by atoms with van der Waals surface area (Å²) in [4.78, 5) is 1.98. The average molecular weight is 324 g/mol. The van der Waals surface area contributed by atoms with Gasteiger partial charge in [0.1, 0.15) is 5.03 Å². The maximum absolute atomic E-state index is 4.55. The van der Waals surface area contributed by atoms with E-state index in [4.69, 9.17) is 0 Å². The first-order chi connectivity index (χ1) is 10.0. The Morgan fingerprint density at radius 3 is 2.76 bits per heavy atom. The minimum Gasteiger partial charge on any atom is -0.353 e. The quantitative estimate of drug-likeness (QED) is 0.877. The van der Waals surface area contributed by atoms with Gasteiger partial charge in [-0.25, -0.2) is 0 Å². The van der Waals surface area contributed by atoms with E-state index in [1.165, 1.54) is 18.4 Å². The van der Waals surface area contributed by atoms with Crippen molar-refractivity contribution in [2.24, 2.45) is 7.05 Å². The van der Waals surface area contributed by atoms with Crippen LogP contribution in [-0.2, 0) is 13.6 Å². The lowest BCUT2D eigenvalue weighted by Gasteiger charge is -2.06. The van der Waals surface area contributed by atoms with Gasteiger partial charge in [-0.15, -0.1) is 10.2 Å². The molecule has 2 aromatic heterocycles. The van der Waals surface area contributed by atoms with Gasteiger partial charge in [-0.3, -0.25) is 4.68 Å². The van der Waals surface area contributed by atoms with Crippen molar-refractivity contribution in [2.45, 2.75) is 41.7 Å². The molecule has 2 heterocycles. The highest BCUT2D eigenvalue weighted by atomic mass is 32.2. The second kappa shape index (κ2) is 5.94. The largest absolute Gasteiger partial charge is 0.353 e. The highest BCUT2D eigenvalue weighted by molar-refractivity contribution is 8.01. The maximum atomic E-state index is 4.55. The third-order valence-corrected chi connectivity index (χ3v) is 5.74. The summed E-state index contributed by atoms with van der Waals surface area (Å²) in [5.74, 6) is 0. The standard InChI is InChI=1S/C13H20N6S2/c1-8-10(7-14-9-5-6-9)11(19(4)17-8)20-13-16-15-12(21-13)18(2)3/h9,14H,5-7H2,1-4H3. The molecule has 0 aromatic carbocycles. The van der Waals surface area contributed by atoms with E-state index in [2.05, 4.69) is 27.5 Å². The summed E-state index contributed by atoms with van der Waals surface area (Å²) in [5.41, 5.74) is 2.36. The zero-order valence-corrected chi connectivity index (χ0v) is 14.4. The molecule has 0 amide bonds. The first-order valence-electron chi connectivity index (χ1n) is 6.99. The number of rotatable bonds is 6. The van der Waals surface area contributed by atoms with Crippen LogP contribution in [0.1, 0.15) is 24.1 Å². The third-order valence-electron chi connectivity index (χ3n) is 3.40. The Labute approximate surface area is 132 Å². The molecule has 0 spiro atoms. The van der Waals surface area contributed by atoms with Gasteiger partial charge in [0.25, 0.3) is 0 Å². The lowest BCUT2D eigenvalue weighted by Crippen LogP contribution is -2.16. The van der Waals surface area contributed by atoms with Gasteiger partial charge in [-0.2, -0.15) is 5.10 Å². The zero-order chi connectivity index (χ0) is 15.0. The van der Waals surface area contributed by atoms with E-state index in [9.17, 15) is 0 Å². The number of aromatic nitrogens is 4. The predicted molar refractivity (Wildman–Crippen MR) is 86.2 cm³/mol. The summed E-state index contributed by atoms with van der Waals surface area (Å²) in [5, 5.41) is 18.6. The van der Waals surface area contributed by atoms with Crippen LogP contribution in [0.4, 0.5) is 5.13 Å². The van der Waals surface area contributed by atoms with Gasteiger partial charge < -0.3 is 10.2 Å². The zero-order valence-electron chi connectivity index (χ0n) is 12.8. The van der Waals surface area contributed by atoms with Crippen molar-refractivity contribution in [1.82, 2.24) is 25.3 Å². The first-order valence-corrected chi connectivity index (χ1v) is 8.62. The van der Waals surface area contributed by atoms with Crippen LogP contribution in [0.15, 0.2) is 9.37 Å². The molecule has 1 aliphatic rings. The van der Waals surface area contributed by atoms with Crippen LogP contribution in [-0.4, -0.2) is 40.1 Å². The van der Waals surface area contributed by atoms with E-state index < -0.39 is 0 Å². The fraction of sp³-hybridized carbons (Fsp3) is 0.615. The minimum atomic E-state index is 0.698. The molecule has 0 atom stereocenters. The molecule has 3 rings (SSSR count). The molecule has 0 aliphatic heterocycles. The molecule has 2 aromatic rings. The van der Waals surface area contributed by atoms with Gasteiger partial charge >= 0.3 is 0 Å². The Morgan fingerprint density at radius 1 is 1.38 bits per heavy atom. The van der Waals surface area contributed by atoms with Crippen molar-refractivity contribution in [2.75, 3.05) is 19.0 Å². The number of hydrogen-bond acceptors (Lipinski definition) is 7. The summed E-state index contributed by atoms with van der Waals surface area (Å²) < 4.78 is 2.90. The van der Waals surface area contributed by atoms with Crippen molar-refractivity contribution >= 4 is 28.2 Å². The number of nitrogens with one attached hydrogen (secondary N) is 1. The lowest BCUT2D eigenvalue weighted by molar-refractivity contribution is 0.658. The van der Waals surface area contributed by atoms with Crippen LogP contribution in [0.5, 0.6) is 0 Å². The van der Waals surface area contributed by atoms with E-state index in [0.29, 0.717) is 6.04 Å². The minimum absolute atomic E-state index is 0.698. The molecule has 0 unspecified atom stereocenters. The molecular weight excluding hydrogens is 304 g/mol. The second-order valence-corrected chi connectivity index (χ2v) is 7.69. The molecule has 114 valence electrons. The molecule has 1 fully saturated rings. The number of nitrogens with zero attached hydrogens (tertiary/aromatic N) is 5. The molecule has 1 N–H and O–H groups in total.